The van der Waals surface area contributed by atoms with Gasteiger partial charge in [0.25, 0.3) is 0 Å². The first-order chi connectivity index (χ1) is 14.9. The number of alkyl halides is 2. The molecular formula is C28H20ClFO. The van der Waals surface area contributed by atoms with E-state index in [1.807, 2.05) is 37.3 Å². The highest BCUT2D eigenvalue weighted by Crippen LogP contribution is 2.35. The van der Waals surface area contributed by atoms with Crippen molar-refractivity contribution in [3.63, 3.8) is 0 Å². The molecule has 0 aromatic heterocycles. The van der Waals surface area contributed by atoms with Gasteiger partial charge in [0, 0.05) is 28.7 Å². The lowest BCUT2D eigenvalue weighted by Crippen LogP contribution is -2.20. The van der Waals surface area contributed by atoms with E-state index in [-0.39, 0.29) is 17.8 Å². The van der Waals surface area contributed by atoms with Crippen molar-refractivity contribution in [3.8, 4) is 23.0 Å². The van der Waals surface area contributed by atoms with E-state index in [1.54, 1.807) is 24.3 Å². The van der Waals surface area contributed by atoms with E-state index in [2.05, 4.69) is 36.1 Å². The maximum Gasteiger partial charge on any atom is 0.206 e. The number of allylic oxidation sites excluding steroid dienone is 4. The number of hydrogen-bond acceptors (Lipinski definition) is 1. The Morgan fingerprint density at radius 2 is 1.61 bits per heavy atom. The van der Waals surface area contributed by atoms with Crippen molar-refractivity contribution in [2.75, 3.05) is 0 Å². The molecule has 0 spiro atoms. The molecule has 3 aromatic carbocycles. The fourth-order valence-corrected chi connectivity index (χ4v) is 3.69. The van der Waals surface area contributed by atoms with Crippen LogP contribution < -0.4 is 0 Å². The first-order valence-electron chi connectivity index (χ1n) is 10.0. The van der Waals surface area contributed by atoms with E-state index >= 15 is 0 Å². The Hall–Kier alpha value is -3.41. The largest absolute Gasteiger partial charge is 0.289 e. The second kappa shape index (κ2) is 8.76. The van der Waals surface area contributed by atoms with Crippen LogP contribution in [0.1, 0.15) is 27.9 Å². The number of hydrogen-bond donors (Lipinski definition) is 0. The molecule has 0 aliphatic heterocycles. The average Bonchev–Trinajstić information content (AvgIpc) is 2.79. The first-order valence-corrected chi connectivity index (χ1v) is 10.4. The van der Waals surface area contributed by atoms with Crippen LogP contribution in [0.15, 0.2) is 102 Å². The zero-order chi connectivity index (χ0) is 21.8. The maximum absolute atomic E-state index is 14.5. The highest BCUT2D eigenvalue weighted by Gasteiger charge is 2.32. The highest BCUT2D eigenvalue weighted by molar-refractivity contribution is 6.25. The summed E-state index contributed by atoms with van der Waals surface area (Å²) in [5.41, 5.74) is 5.34. The summed E-state index contributed by atoms with van der Waals surface area (Å²) in [7, 11) is 0. The Morgan fingerprint density at radius 3 is 2.35 bits per heavy atom. The third kappa shape index (κ3) is 4.85. The molecule has 0 N–H and O–H groups in total. The molecule has 1 atom stereocenters. The molecule has 0 amide bonds. The predicted octanol–water partition coefficient (Wildman–Crippen LogP) is 7.06. The molecule has 3 heteroatoms. The molecule has 31 heavy (non-hydrogen) atoms. The zero-order valence-corrected chi connectivity index (χ0v) is 17.8. The second-order valence-corrected chi connectivity index (χ2v) is 8.15. The molecule has 1 aliphatic carbocycles. The summed E-state index contributed by atoms with van der Waals surface area (Å²) < 4.78 is 14.5. The van der Waals surface area contributed by atoms with Crippen molar-refractivity contribution in [2.45, 2.75) is 18.5 Å². The molecule has 3 aromatic rings. The summed E-state index contributed by atoms with van der Waals surface area (Å²) in [4.78, 5) is 13.0. The van der Waals surface area contributed by atoms with Gasteiger partial charge in [-0.25, -0.2) is 4.39 Å². The summed E-state index contributed by atoms with van der Waals surface area (Å²) in [5.74, 6) is 6.02. The lowest BCUT2D eigenvalue weighted by atomic mass is 9.90. The highest BCUT2D eigenvalue weighted by atomic mass is 35.5. The number of ketones is 1. The lowest BCUT2D eigenvalue weighted by molar-refractivity contribution is 0.102. The zero-order valence-electron chi connectivity index (χ0n) is 17.0. The number of Topliss-reactive ketones (excluding diaryl/α,β-unsaturated/α-hetero) is 1. The molecule has 0 saturated carbocycles. The summed E-state index contributed by atoms with van der Waals surface area (Å²) in [6, 6.07) is 24.9. The number of carbonyl (C=O) groups excluding carboxylic acids is 1. The van der Waals surface area contributed by atoms with Crippen molar-refractivity contribution in [2.24, 2.45) is 0 Å². The van der Waals surface area contributed by atoms with Crippen molar-refractivity contribution in [3.05, 3.63) is 119 Å². The van der Waals surface area contributed by atoms with Crippen LogP contribution in [-0.2, 0) is 0 Å². The van der Waals surface area contributed by atoms with Crippen molar-refractivity contribution >= 4 is 17.4 Å². The van der Waals surface area contributed by atoms with Crippen LogP contribution in [0.5, 0.6) is 0 Å². The van der Waals surface area contributed by atoms with Crippen LogP contribution in [0.4, 0.5) is 4.39 Å². The summed E-state index contributed by atoms with van der Waals surface area (Å²) in [6.45, 7) is 2.05. The van der Waals surface area contributed by atoms with Crippen LogP contribution in [0, 0.1) is 18.8 Å². The van der Waals surface area contributed by atoms with Gasteiger partial charge in [0.15, 0.2) is 5.78 Å². The fraction of sp³-hybridized carbons (Fsp3) is 0.107. The Morgan fingerprint density at radius 1 is 0.935 bits per heavy atom. The van der Waals surface area contributed by atoms with Gasteiger partial charge in [-0.1, -0.05) is 102 Å². The molecule has 152 valence electrons. The number of benzene rings is 3. The molecule has 0 fully saturated rings. The molecule has 4 rings (SSSR count). The first kappa shape index (κ1) is 20.8. The quantitative estimate of drug-likeness (QED) is 0.249. The SMILES string of the molecule is Cc1ccc(-c2ccccc2C#CC2=C(C(=O)c3ccccc3)CC(F)(Cl)C=C2)cc1. The minimum Gasteiger partial charge on any atom is -0.289 e. The van der Waals surface area contributed by atoms with E-state index < -0.39 is 5.13 Å². The third-order valence-electron chi connectivity index (χ3n) is 5.16. The second-order valence-electron chi connectivity index (χ2n) is 7.52. The number of halogens is 2. The minimum absolute atomic E-state index is 0.220. The number of carbonyl (C=O) groups is 1. The van der Waals surface area contributed by atoms with Gasteiger partial charge in [-0.2, -0.15) is 0 Å². The van der Waals surface area contributed by atoms with Crippen molar-refractivity contribution < 1.29 is 9.18 Å². The van der Waals surface area contributed by atoms with Crippen LogP contribution in [0.3, 0.4) is 0 Å². The van der Waals surface area contributed by atoms with Gasteiger partial charge in [-0.3, -0.25) is 4.79 Å². The van der Waals surface area contributed by atoms with Gasteiger partial charge in [0.1, 0.15) is 0 Å². The molecule has 1 nitrogen and oxygen atoms in total. The molecule has 0 radical (unpaired) electrons. The summed E-state index contributed by atoms with van der Waals surface area (Å²) in [5, 5.41) is -2.09. The molecule has 0 heterocycles. The lowest BCUT2D eigenvalue weighted by Gasteiger charge is -2.20. The van der Waals surface area contributed by atoms with Crippen molar-refractivity contribution in [1.82, 2.24) is 0 Å². The van der Waals surface area contributed by atoms with Crippen LogP contribution in [0.25, 0.3) is 11.1 Å². The Balaban J connectivity index is 1.76. The Labute approximate surface area is 186 Å². The van der Waals surface area contributed by atoms with E-state index in [4.69, 9.17) is 11.6 Å². The monoisotopic (exact) mass is 426 g/mol. The maximum atomic E-state index is 14.5. The third-order valence-corrected chi connectivity index (χ3v) is 5.42. The van der Waals surface area contributed by atoms with Gasteiger partial charge < -0.3 is 0 Å². The number of aryl methyl sites for hydroxylation is 1. The van der Waals surface area contributed by atoms with Gasteiger partial charge in [0.05, 0.1) is 0 Å². The van der Waals surface area contributed by atoms with E-state index in [1.165, 1.54) is 17.7 Å². The van der Waals surface area contributed by atoms with Crippen molar-refractivity contribution in [1.29, 1.82) is 0 Å². The topological polar surface area (TPSA) is 17.1 Å². The molecular weight excluding hydrogens is 407 g/mol. The van der Waals surface area contributed by atoms with E-state index in [0.29, 0.717) is 11.1 Å². The number of rotatable bonds is 3. The Bertz CT molecular complexity index is 1240. The van der Waals surface area contributed by atoms with Crippen LogP contribution in [0.2, 0.25) is 0 Å². The van der Waals surface area contributed by atoms with Gasteiger partial charge in [-0.05, 0) is 36.3 Å². The minimum atomic E-state index is -2.09. The summed E-state index contributed by atoms with van der Waals surface area (Å²) in [6.07, 6.45) is 2.54. The average molecular weight is 427 g/mol. The van der Waals surface area contributed by atoms with Crippen LogP contribution >= 0.6 is 11.6 Å². The molecule has 0 bridgehead atoms. The standard InChI is InChI=1S/C28H20ClFO/c1-20-11-13-22(14-12-20)25-10-6-5-7-21(25)15-16-23-17-18-28(29,30)19-26(23)27(31)24-8-3-2-4-9-24/h2-14,17-18H,19H2,1H3. The van der Waals surface area contributed by atoms with Crippen LogP contribution in [-0.4, -0.2) is 10.9 Å². The molecule has 0 saturated heterocycles. The Kier molecular flexibility index (Phi) is 5.89. The van der Waals surface area contributed by atoms with E-state index in [0.717, 1.165) is 16.7 Å². The van der Waals surface area contributed by atoms with Gasteiger partial charge in [-0.15, -0.1) is 0 Å². The fourth-order valence-electron chi connectivity index (χ4n) is 3.49. The van der Waals surface area contributed by atoms with Gasteiger partial charge in [0.2, 0.25) is 5.13 Å². The molecule has 1 aliphatic rings. The molecule has 1 unspecified atom stereocenters. The normalized spacial score (nSPS) is 17.8. The summed E-state index contributed by atoms with van der Waals surface area (Å²) >= 11 is 5.91. The van der Waals surface area contributed by atoms with E-state index in [9.17, 15) is 9.18 Å². The predicted molar refractivity (Wildman–Crippen MR) is 125 cm³/mol. The van der Waals surface area contributed by atoms with Gasteiger partial charge >= 0.3 is 0 Å². The smallest absolute Gasteiger partial charge is 0.206 e.